The van der Waals surface area contributed by atoms with Gasteiger partial charge in [-0.3, -0.25) is 0 Å². The maximum atomic E-state index is 6.01. The van der Waals surface area contributed by atoms with E-state index in [1.165, 1.54) is 16.7 Å². The molecule has 28 heavy (non-hydrogen) atoms. The summed E-state index contributed by atoms with van der Waals surface area (Å²) in [4.78, 5) is 0. The molecule has 0 aliphatic rings. The molecule has 0 aliphatic heterocycles. The van der Waals surface area contributed by atoms with Gasteiger partial charge in [-0.1, -0.05) is 60.7 Å². The summed E-state index contributed by atoms with van der Waals surface area (Å²) in [6, 6.07) is 25.2. The zero-order valence-electron chi connectivity index (χ0n) is 16.5. The van der Waals surface area contributed by atoms with Crippen LogP contribution in [-0.4, -0.2) is 26.8 Å². The lowest BCUT2D eigenvalue weighted by Crippen LogP contribution is -2.37. The molecule has 3 rings (SSSR count). The van der Waals surface area contributed by atoms with E-state index in [4.69, 9.17) is 15.2 Å². The zero-order chi connectivity index (χ0) is 19.8. The summed E-state index contributed by atoms with van der Waals surface area (Å²) in [5.41, 5.74) is 10.8. The number of rotatable bonds is 9. The minimum atomic E-state index is 0.189. The highest BCUT2D eigenvalue weighted by Crippen LogP contribution is 2.24. The predicted molar refractivity (Wildman–Crippen MR) is 115 cm³/mol. The van der Waals surface area contributed by atoms with E-state index < -0.39 is 0 Å². The Bertz CT molecular complexity index is 864. The van der Waals surface area contributed by atoms with Gasteiger partial charge >= 0.3 is 0 Å². The van der Waals surface area contributed by atoms with Gasteiger partial charge < -0.3 is 20.5 Å². The van der Waals surface area contributed by atoms with Crippen LogP contribution < -0.4 is 20.5 Å². The molecular formula is C24H28N2O2. The second kappa shape index (κ2) is 9.93. The molecule has 0 saturated heterocycles. The fourth-order valence-corrected chi connectivity index (χ4v) is 3.24. The maximum Gasteiger partial charge on any atom is 0.127 e. The molecule has 0 fully saturated rings. The number of nitrogens with one attached hydrogen (secondary N) is 1. The largest absolute Gasteiger partial charge is 0.497 e. The number of nitrogens with two attached hydrogens (primary N) is 1. The summed E-state index contributed by atoms with van der Waals surface area (Å²) in [6.07, 6.45) is 0.879. The van der Waals surface area contributed by atoms with E-state index in [9.17, 15) is 0 Å². The standard InChI is InChI=1S/C24H28N2O2/c1-27-23-13-12-21(24(15-23)28-2)17-26-22(16-25)14-18-8-10-20(11-9-18)19-6-4-3-5-7-19/h3-13,15,22,26H,14,16-17,25H2,1-2H3. The van der Waals surface area contributed by atoms with Crippen molar-refractivity contribution in [2.24, 2.45) is 5.73 Å². The summed E-state index contributed by atoms with van der Waals surface area (Å²) in [6.45, 7) is 1.26. The Morgan fingerprint density at radius 2 is 1.57 bits per heavy atom. The molecule has 1 unspecified atom stereocenters. The summed E-state index contributed by atoms with van der Waals surface area (Å²) < 4.78 is 10.7. The van der Waals surface area contributed by atoms with Crippen molar-refractivity contribution in [2.45, 2.75) is 19.0 Å². The van der Waals surface area contributed by atoms with Crippen molar-refractivity contribution in [3.63, 3.8) is 0 Å². The van der Waals surface area contributed by atoms with Crippen molar-refractivity contribution < 1.29 is 9.47 Å². The quantitative estimate of drug-likeness (QED) is 0.592. The molecule has 1 atom stereocenters. The molecule has 0 aromatic heterocycles. The van der Waals surface area contributed by atoms with Crippen molar-refractivity contribution in [3.8, 4) is 22.6 Å². The van der Waals surface area contributed by atoms with Crippen LogP contribution in [0.1, 0.15) is 11.1 Å². The molecule has 0 amide bonds. The van der Waals surface area contributed by atoms with Crippen LogP contribution in [0.4, 0.5) is 0 Å². The van der Waals surface area contributed by atoms with Gasteiger partial charge in [-0.15, -0.1) is 0 Å². The molecule has 0 spiro atoms. The van der Waals surface area contributed by atoms with Gasteiger partial charge in [0.2, 0.25) is 0 Å². The highest BCUT2D eigenvalue weighted by Gasteiger charge is 2.10. The molecule has 0 saturated carbocycles. The number of hydrogen-bond donors (Lipinski definition) is 2. The van der Waals surface area contributed by atoms with Gasteiger partial charge in [-0.25, -0.2) is 0 Å². The normalized spacial score (nSPS) is 11.8. The molecule has 4 heteroatoms. The van der Waals surface area contributed by atoms with E-state index in [-0.39, 0.29) is 6.04 Å². The Balaban J connectivity index is 1.62. The fourth-order valence-electron chi connectivity index (χ4n) is 3.24. The lowest BCUT2D eigenvalue weighted by Gasteiger charge is -2.18. The molecule has 0 aliphatic carbocycles. The average molecular weight is 377 g/mol. The van der Waals surface area contributed by atoms with E-state index in [0.717, 1.165) is 23.5 Å². The molecule has 4 nitrogen and oxygen atoms in total. The third-order valence-electron chi connectivity index (χ3n) is 4.90. The van der Waals surface area contributed by atoms with Gasteiger partial charge in [0, 0.05) is 30.8 Å². The third-order valence-corrected chi connectivity index (χ3v) is 4.90. The minimum Gasteiger partial charge on any atom is -0.497 e. The Kier molecular flexibility index (Phi) is 7.06. The first-order valence-electron chi connectivity index (χ1n) is 9.52. The van der Waals surface area contributed by atoms with Gasteiger partial charge in [0.25, 0.3) is 0 Å². The molecule has 3 aromatic rings. The van der Waals surface area contributed by atoms with E-state index >= 15 is 0 Å². The van der Waals surface area contributed by atoms with Gasteiger partial charge in [-0.05, 0) is 29.2 Å². The monoisotopic (exact) mass is 376 g/mol. The highest BCUT2D eigenvalue weighted by molar-refractivity contribution is 5.63. The first kappa shape index (κ1) is 19.9. The first-order valence-corrected chi connectivity index (χ1v) is 9.52. The van der Waals surface area contributed by atoms with E-state index in [1.54, 1.807) is 14.2 Å². The minimum absolute atomic E-state index is 0.189. The Morgan fingerprint density at radius 1 is 0.857 bits per heavy atom. The molecule has 0 bridgehead atoms. The molecule has 0 heterocycles. The third kappa shape index (κ3) is 5.12. The summed E-state index contributed by atoms with van der Waals surface area (Å²) in [5.74, 6) is 1.60. The van der Waals surface area contributed by atoms with E-state index in [1.807, 2.05) is 24.3 Å². The maximum absolute atomic E-state index is 6.01. The van der Waals surface area contributed by atoms with Gasteiger partial charge in [0.15, 0.2) is 0 Å². The lowest BCUT2D eigenvalue weighted by atomic mass is 10.0. The zero-order valence-corrected chi connectivity index (χ0v) is 16.5. The predicted octanol–water partition coefficient (Wildman–Crippen LogP) is 4.03. The van der Waals surface area contributed by atoms with Crippen LogP contribution in [0.25, 0.3) is 11.1 Å². The summed E-state index contributed by atoms with van der Waals surface area (Å²) >= 11 is 0. The van der Waals surface area contributed by atoms with Crippen molar-refractivity contribution in [2.75, 3.05) is 20.8 Å². The van der Waals surface area contributed by atoms with Crippen molar-refractivity contribution in [1.29, 1.82) is 0 Å². The molecule has 3 aromatic carbocycles. The SMILES string of the molecule is COc1ccc(CNC(CN)Cc2ccc(-c3ccccc3)cc2)c(OC)c1. The number of hydrogen-bond acceptors (Lipinski definition) is 4. The first-order chi connectivity index (χ1) is 13.7. The fraction of sp³-hybridized carbons (Fsp3) is 0.250. The van der Waals surface area contributed by atoms with Crippen molar-refractivity contribution >= 4 is 0 Å². The molecule has 0 radical (unpaired) electrons. The number of methoxy groups -OCH3 is 2. The number of benzene rings is 3. The van der Waals surface area contributed by atoms with Crippen LogP contribution >= 0.6 is 0 Å². The van der Waals surface area contributed by atoms with Crippen LogP contribution in [0.3, 0.4) is 0 Å². The van der Waals surface area contributed by atoms with Crippen LogP contribution in [0.2, 0.25) is 0 Å². The van der Waals surface area contributed by atoms with E-state index in [0.29, 0.717) is 13.1 Å². The van der Waals surface area contributed by atoms with E-state index in [2.05, 4.69) is 53.8 Å². The topological polar surface area (TPSA) is 56.5 Å². The van der Waals surface area contributed by atoms with Crippen LogP contribution in [0.15, 0.2) is 72.8 Å². The Hall–Kier alpha value is -2.82. The summed E-state index contributed by atoms with van der Waals surface area (Å²) in [7, 11) is 3.33. The van der Waals surface area contributed by atoms with Crippen molar-refractivity contribution in [3.05, 3.63) is 83.9 Å². The number of ether oxygens (including phenoxy) is 2. The molecule has 3 N–H and O–H groups in total. The molecule has 146 valence electrons. The van der Waals surface area contributed by atoms with Crippen molar-refractivity contribution in [1.82, 2.24) is 5.32 Å². The highest BCUT2D eigenvalue weighted by atomic mass is 16.5. The Morgan fingerprint density at radius 3 is 2.21 bits per heavy atom. The smallest absolute Gasteiger partial charge is 0.127 e. The second-order valence-electron chi connectivity index (χ2n) is 6.76. The second-order valence-corrected chi connectivity index (χ2v) is 6.76. The Labute approximate surface area is 167 Å². The average Bonchev–Trinajstić information content (AvgIpc) is 2.77. The van der Waals surface area contributed by atoms with Crippen LogP contribution in [-0.2, 0) is 13.0 Å². The van der Waals surface area contributed by atoms with Crippen LogP contribution in [0, 0.1) is 0 Å². The van der Waals surface area contributed by atoms with Gasteiger partial charge in [-0.2, -0.15) is 0 Å². The lowest BCUT2D eigenvalue weighted by molar-refractivity contribution is 0.388. The van der Waals surface area contributed by atoms with Crippen LogP contribution in [0.5, 0.6) is 11.5 Å². The summed E-state index contributed by atoms with van der Waals surface area (Å²) in [5, 5.41) is 3.55. The molecular weight excluding hydrogens is 348 g/mol. The van der Waals surface area contributed by atoms with Gasteiger partial charge in [0.05, 0.1) is 14.2 Å². The van der Waals surface area contributed by atoms with Gasteiger partial charge in [0.1, 0.15) is 11.5 Å².